The maximum Gasteiger partial charge on any atom is 0.218 e. The minimum atomic E-state index is 0.363. The zero-order chi connectivity index (χ0) is 23.1. The zero-order valence-corrected chi connectivity index (χ0v) is 20.1. The molecule has 3 N–H and O–H groups in total. The Kier molecular flexibility index (Phi) is 8.17. The third kappa shape index (κ3) is 6.22. The maximum atomic E-state index is 11.8. The second-order valence-electron chi connectivity index (χ2n) is 9.95. The van der Waals surface area contributed by atoms with Crippen molar-refractivity contribution in [3.05, 3.63) is 42.1 Å². The van der Waals surface area contributed by atoms with Gasteiger partial charge in [-0.25, -0.2) is 0 Å². The van der Waals surface area contributed by atoms with Crippen LogP contribution in [-0.2, 0) is 11.2 Å². The summed E-state index contributed by atoms with van der Waals surface area (Å²) in [6.07, 6.45) is 11.5. The molecule has 1 aromatic carbocycles. The number of hydrogen-bond donors (Lipinski definition) is 2. The molecule has 3 fully saturated rings. The Morgan fingerprint density at radius 1 is 1.18 bits per heavy atom. The first-order valence-corrected chi connectivity index (χ1v) is 12.5. The van der Waals surface area contributed by atoms with E-state index in [1.165, 1.54) is 24.8 Å². The smallest absolute Gasteiger partial charge is 0.218 e. The van der Waals surface area contributed by atoms with E-state index >= 15 is 0 Å². The number of anilines is 1. The van der Waals surface area contributed by atoms with Gasteiger partial charge in [0.1, 0.15) is 5.84 Å². The molecule has 1 aromatic rings. The number of likely N-dealkylation sites (tertiary alicyclic amines) is 2. The highest BCUT2D eigenvalue weighted by Gasteiger charge is 2.39. The molecule has 0 aromatic heterocycles. The van der Waals surface area contributed by atoms with Crippen LogP contribution in [0.5, 0.6) is 0 Å². The number of nitrogens with one attached hydrogen (secondary N) is 1. The van der Waals surface area contributed by atoms with Crippen molar-refractivity contribution in [2.24, 2.45) is 16.1 Å². The first-order valence-electron chi connectivity index (χ1n) is 12.5. The number of amides is 1. The van der Waals surface area contributed by atoms with E-state index in [0.29, 0.717) is 11.5 Å². The number of carbonyl (C=O) groups is 1. The molecule has 4 rings (SSSR count). The standard InChI is InChI=1S/C26H40N6O/c1-28-25(31-17-11-26(12-18-31)19-29-20-26)10-16-32(21-33)24-6-4-22(5-7-24)8-14-30-13-2-3-23(27)9-15-30/h4-7,10,16,21,23,29H,2-3,8-9,11-15,17-20,27H2,1H3/b16-10-,28-25+. The van der Waals surface area contributed by atoms with Crippen LogP contribution < -0.4 is 16.0 Å². The highest BCUT2D eigenvalue weighted by atomic mass is 16.1. The molecule has 180 valence electrons. The van der Waals surface area contributed by atoms with Gasteiger partial charge in [-0.2, -0.15) is 0 Å². The highest BCUT2D eigenvalue weighted by Crippen LogP contribution is 2.35. The van der Waals surface area contributed by atoms with Crippen molar-refractivity contribution < 1.29 is 4.79 Å². The van der Waals surface area contributed by atoms with E-state index in [0.717, 1.165) is 83.0 Å². The molecule has 3 aliphatic rings. The van der Waals surface area contributed by atoms with Gasteiger partial charge in [-0.3, -0.25) is 14.7 Å². The van der Waals surface area contributed by atoms with Gasteiger partial charge < -0.3 is 20.9 Å². The van der Waals surface area contributed by atoms with Crippen molar-refractivity contribution in [1.29, 1.82) is 0 Å². The molecule has 3 saturated heterocycles. The monoisotopic (exact) mass is 452 g/mol. The Hall–Kier alpha value is -2.22. The van der Waals surface area contributed by atoms with Crippen molar-refractivity contribution in [3.63, 3.8) is 0 Å². The highest BCUT2D eigenvalue weighted by molar-refractivity contribution is 5.94. The first-order chi connectivity index (χ1) is 16.1. The molecule has 0 saturated carbocycles. The summed E-state index contributed by atoms with van der Waals surface area (Å²) in [5, 5.41) is 3.41. The van der Waals surface area contributed by atoms with Gasteiger partial charge in [0.15, 0.2) is 0 Å². The molecule has 0 radical (unpaired) electrons. The third-order valence-electron chi connectivity index (χ3n) is 7.69. The molecule has 1 spiro atoms. The first kappa shape index (κ1) is 23.9. The van der Waals surface area contributed by atoms with Gasteiger partial charge in [0.25, 0.3) is 0 Å². The fourth-order valence-electron chi connectivity index (χ4n) is 5.22. The van der Waals surface area contributed by atoms with Gasteiger partial charge in [0.2, 0.25) is 6.41 Å². The fraction of sp³-hybridized carbons (Fsp3) is 0.615. The van der Waals surface area contributed by atoms with Crippen molar-refractivity contribution in [3.8, 4) is 0 Å². The summed E-state index contributed by atoms with van der Waals surface area (Å²) in [6, 6.07) is 8.69. The van der Waals surface area contributed by atoms with Crippen molar-refractivity contribution in [2.45, 2.75) is 44.6 Å². The average molecular weight is 453 g/mol. The Morgan fingerprint density at radius 2 is 1.94 bits per heavy atom. The predicted molar refractivity (Wildman–Crippen MR) is 136 cm³/mol. The quantitative estimate of drug-likeness (QED) is 0.377. The number of rotatable bonds is 7. The number of piperidine rings is 1. The summed E-state index contributed by atoms with van der Waals surface area (Å²) in [7, 11) is 1.83. The largest absolute Gasteiger partial charge is 0.357 e. The normalized spacial score (nSPS) is 24.0. The van der Waals surface area contributed by atoms with Crippen LogP contribution in [0.3, 0.4) is 0 Å². The lowest BCUT2D eigenvalue weighted by Gasteiger charge is -2.48. The molecular weight excluding hydrogens is 412 g/mol. The van der Waals surface area contributed by atoms with Crippen LogP contribution in [0.1, 0.15) is 37.7 Å². The Bertz CT molecular complexity index is 822. The number of aliphatic imine (C=N–C) groups is 1. The van der Waals surface area contributed by atoms with Crippen LogP contribution in [0.4, 0.5) is 5.69 Å². The van der Waals surface area contributed by atoms with Crippen LogP contribution >= 0.6 is 0 Å². The topological polar surface area (TPSA) is 77.2 Å². The van der Waals surface area contributed by atoms with E-state index in [1.807, 2.05) is 31.5 Å². The Balaban J connectivity index is 1.29. The molecule has 33 heavy (non-hydrogen) atoms. The Morgan fingerprint density at radius 3 is 2.58 bits per heavy atom. The van der Waals surface area contributed by atoms with Crippen molar-refractivity contribution >= 4 is 17.9 Å². The van der Waals surface area contributed by atoms with Crippen LogP contribution in [0.25, 0.3) is 0 Å². The summed E-state index contributed by atoms with van der Waals surface area (Å²) >= 11 is 0. The minimum Gasteiger partial charge on any atom is -0.357 e. The summed E-state index contributed by atoms with van der Waals surface area (Å²) in [5.74, 6) is 0.942. The third-order valence-corrected chi connectivity index (χ3v) is 7.69. The number of nitrogens with two attached hydrogens (primary N) is 1. The van der Waals surface area contributed by atoms with E-state index in [2.05, 4.69) is 32.2 Å². The van der Waals surface area contributed by atoms with Crippen molar-refractivity contribution in [1.82, 2.24) is 15.1 Å². The van der Waals surface area contributed by atoms with E-state index in [-0.39, 0.29) is 0 Å². The Labute approximate surface area is 198 Å². The van der Waals surface area contributed by atoms with Crippen LogP contribution in [0, 0.1) is 5.41 Å². The molecule has 1 atom stereocenters. The van der Waals surface area contributed by atoms with E-state index in [4.69, 9.17) is 5.73 Å². The fourth-order valence-corrected chi connectivity index (χ4v) is 5.22. The van der Waals surface area contributed by atoms with E-state index < -0.39 is 0 Å². The van der Waals surface area contributed by atoms with Gasteiger partial charge in [0.05, 0.1) is 0 Å². The summed E-state index contributed by atoms with van der Waals surface area (Å²) in [5.41, 5.74) is 8.78. The molecule has 7 nitrogen and oxygen atoms in total. The van der Waals surface area contributed by atoms with Crippen LogP contribution in [-0.4, -0.2) is 80.9 Å². The summed E-state index contributed by atoms with van der Waals surface area (Å²) in [4.78, 5) is 22.8. The predicted octanol–water partition coefficient (Wildman–Crippen LogP) is 2.23. The maximum absolute atomic E-state index is 11.8. The van der Waals surface area contributed by atoms with Crippen molar-refractivity contribution in [2.75, 3.05) is 57.8 Å². The van der Waals surface area contributed by atoms with Crippen LogP contribution in [0.2, 0.25) is 0 Å². The van der Waals surface area contributed by atoms with Gasteiger partial charge in [0, 0.05) is 57.7 Å². The SMILES string of the molecule is C/N=C(\C=C/N(C=O)c1ccc(CCN2CCCC(N)CC2)cc1)N1CCC2(CC1)CNC2. The molecule has 3 heterocycles. The average Bonchev–Trinajstić information content (AvgIpc) is 3.04. The summed E-state index contributed by atoms with van der Waals surface area (Å²) in [6.45, 7) is 7.65. The molecule has 0 aliphatic carbocycles. The lowest BCUT2D eigenvalue weighted by atomic mass is 9.73. The minimum absolute atomic E-state index is 0.363. The molecule has 7 heteroatoms. The molecule has 3 aliphatic heterocycles. The van der Waals surface area contributed by atoms with Gasteiger partial charge in [-0.1, -0.05) is 12.1 Å². The lowest BCUT2D eigenvalue weighted by molar-refractivity contribution is -0.106. The molecule has 0 bridgehead atoms. The number of nitrogens with zero attached hydrogens (tertiary/aromatic N) is 4. The second-order valence-corrected chi connectivity index (χ2v) is 9.95. The second kappa shape index (κ2) is 11.3. The van der Waals surface area contributed by atoms with E-state index in [9.17, 15) is 4.79 Å². The van der Waals surface area contributed by atoms with Gasteiger partial charge >= 0.3 is 0 Å². The van der Waals surface area contributed by atoms with Gasteiger partial charge in [-0.05, 0) is 80.8 Å². The number of benzene rings is 1. The van der Waals surface area contributed by atoms with Gasteiger partial charge in [-0.15, -0.1) is 0 Å². The zero-order valence-electron chi connectivity index (χ0n) is 20.1. The van der Waals surface area contributed by atoms with Crippen LogP contribution in [0.15, 0.2) is 41.5 Å². The molecular formula is C26H40N6O. The molecule has 1 amide bonds. The number of carbonyl (C=O) groups excluding carboxylic acids is 1. The lowest BCUT2D eigenvalue weighted by Crippen LogP contribution is -2.58. The summed E-state index contributed by atoms with van der Waals surface area (Å²) < 4.78 is 0. The number of amidine groups is 1. The van der Waals surface area contributed by atoms with E-state index in [1.54, 1.807) is 4.90 Å². The molecule has 1 unspecified atom stereocenters. The number of hydrogen-bond acceptors (Lipinski definition) is 5.